The topological polar surface area (TPSA) is 53.7 Å². The summed E-state index contributed by atoms with van der Waals surface area (Å²) in [7, 11) is 1.66. The van der Waals surface area contributed by atoms with E-state index < -0.39 is 0 Å². The molecule has 118 valence electrons. The molecular formula is C20H17N3O. The summed E-state index contributed by atoms with van der Waals surface area (Å²) in [5.74, 6) is 0.797. The first-order valence-electron chi connectivity index (χ1n) is 7.94. The van der Waals surface area contributed by atoms with Crippen molar-refractivity contribution in [1.82, 2.24) is 9.55 Å². The van der Waals surface area contributed by atoms with Crippen molar-refractivity contribution in [3.05, 3.63) is 54.2 Å². The summed E-state index contributed by atoms with van der Waals surface area (Å²) in [6, 6.07) is 16.6. The van der Waals surface area contributed by atoms with Crippen LogP contribution in [0.2, 0.25) is 0 Å². The summed E-state index contributed by atoms with van der Waals surface area (Å²) in [5.41, 5.74) is 4.80. The monoisotopic (exact) mass is 315 g/mol. The van der Waals surface area contributed by atoms with Crippen molar-refractivity contribution in [2.24, 2.45) is 0 Å². The maximum absolute atomic E-state index is 9.78. The number of benzene rings is 2. The van der Waals surface area contributed by atoms with Gasteiger partial charge in [-0.2, -0.15) is 5.26 Å². The second-order valence-corrected chi connectivity index (χ2v) is 5.74. The number of nitrogens with one attached hydrogen (secondary N) is 1. The first kappa shape index (κ1) is 14.4. The molecule has 0 saturated heterocycles. The molecule has 4 nitrogen and oxygen atoms in total. The predicted molar refractivity (Wildman–Crippen MR) is 96.2 cm³/mol. The molecule has 4 aromatic rings. The van der Waals surface area contributed by atoms with Crippen molar-refractivity contribution < 1.29 is 4.74 Å². The third kappa shape index (κ3) is 1.99. The highest BCUT2D eigenvalue weighted by Gasteiger charge is 2.18. The van der Waals surface area contributed by atoms with E-state index in [0.29, 0.717) is 5.56 Å². The molecule has 0 saturated carbocycles. The highest BCUT2D eigenvalue weighted by Crippen LogP contribution is 2.36. The minimum absolute atomic E-state index is 0.709. The summed E-state index contributed by atoms with van der Waals surface area (Å²) in [6.45, 7) is 2.88. The first-order valence-corrected chi connectivity index (χ1v) is 7.94. The number of aryl methyl sites for hydroxylation is 1. The Kier molecular flexibility index (Phi) is 3.28. The molecule has 24 heavy (non-hydrogen) atoms. The van der Waals surface area contributed by atoms with Gasteiger partial charge in [-0.25, -0.2) is 0 Å². The number of aromatic amines is 1. The van der Waals surface area contributed by atoms with Gasteiger partial charge in [0.25, 0.3) is 0 Å². The fourth-order valence-electron chi connectivity index (χ4n) is 3.39. The van der Waals surface area contributed by atoms with Crippen LogP contribution in [0.25, 0.3) is 33.1 Å². The Morgan fingerprint density at radius 1 is 1.17 bits per heavy atom. The van der Waals surface area contributed by atoms with Gasteiger partial charge in [-0.3, -0.25) is 0 Å². The highest BCUT2D eigenvalue weighted by atomic mass is 16.5. The van der Waals surface area contributed by atoms with Crippen LogP contribution < -0.4 is 4.74 Å². The van der Waals surface area contributed by atoms with Crippen LogP contribution in [0.15, 0.2) is 48.7 Å². The van der Waals surface area contributed by atoms with Gasteiger partial charge in [-0.1, -0.05) is 12.1 Å². The van der Waals surface area contributed by atoms with E-state index >= 15 is 0 Å². The van der Waals surface area contributed by atoms with Gasteiger partial charge in [-0.15, -0.1) is 0 Å². The zero-order valence-electron chi connectivity index (χ0n) is 13.6. The Morgan fingerprint density at radius 2 is 2.04 bits per heavy atom. The van der Waals surface area contributed by atoms with Gasteiger partial charge < -0.3 is 14.3 Å². The molecule has 2 heterocycles. The molecule has 0 atom stereocenters. The minimum Gasteiger partial charge on any atom is -0.497 e. The predicted octanol–water partition coefficient (Wildman–Crippen LogP) is 4.69. The van der Waals surface area contributed by atoms with Crippen molar-refractivity contribution in [1.29, 1.82) is 5.26 Å². The minimum atomic E-state index is 0.709. The zero-order valence-corrected chi connectivity index (χ0v) is 13.6. The Bertz CT molecular complexity index is 1100. The summed E-state index contributed by atoms with van der Waals surface area (Å²) in [6.07, 6.45) is 1.93. The largest absolute Gasteiger partial charge is 0.497 e. The van der Waals surface area contributed by atoms with Gasteiger partial charge in [0.05, 0.1) is 23.9 Å². The van der Waals surface area contributed by atoms with E-state index in [1.807, 2.05) is 30.5 Å². The number of rotatable bonds is 3. The zero-order chi connectivity index (χ0) is 16.7. The van der Waals surface area contributed by atoms with E-state index in [1.54, 1.807) is 7.11 Å². The van der Waals surface area contributed by atoms with Crippen LogP contribution in [0, 0.1) is 11.3 Å². The fraction of sp³-hybridized carbons (Fsp3) is 0.150. The van der Waals surface area contributed by atoms with E-state index in [2.05, 4.69) is 40.7 Å². The SMILES string of the molecule is CCn1c(-c2ccc3cc[nH]c3c2)c(C#N)c2ccc(OC)cc21. The number of methoxy groups -OCH3 is 1. The van der Waals surface area contributed by atoms with Gasteiger partial charge in [0, 0.05) is 35.3 Å². The van der Waals surface area contributed by atoms with Crippen molar-refractivity contribution >= 4 is 21.8 Å². The molecule has 4 heteroatoms. The lowest BCUT2D eigenvalue weighted by Crippen LogP contribution is -1.97. The normalized spacial score (nSPS) is 11.0. The van der Waals surface area contributed by atoms with Crippen molar-refractivity contribution in [2.45, 2.75) is 13.5 Å². The van der Waals surface area contributed by atoms with Crippen LogP contribution in [0.1, 0.15) is 12.5 Å². The van der Waals surface area contributed by atoms with Crippen LogP contribution in [0.3, 0.4) is 0 Å². The van der Waals surface area contributed by atoms with Crippen molar-refractivity contribution in [3.8, 4) is 23.1 Å². The molecule has 0 fully saturated rings. The lowest BCUT2D eigenvalue weighted by atomic mass is 10.0. The van der Waals surface area contributed by atoms with E-state index in [9.17, 15) is 5.26 Å². The molecule has 2 aromatic carbocycles. The number of ether oxygens (including phenoxy) is 1. The second-order valence-electron chi connectivity index (χ2n) is 5.74. The number of nitriles is 1. The maximum atomic E-state index is 9.78. The van der Waals surface area contributed by atoms with E-state index in [1.165, 1.54) is 0 Å². The molecule has 0 aliphatic heterocycles. The number of nitrogens with zero attached hydrogens (tertiary/aromatic N) is 2. The van der Waals surface area contributed by atoms with E-state index in [4.69, 9.17) is 4.74 Å². The highest BCUT2D eigenvalue weighted by molar-refractivity contribution is 5.96. The van der Waals surface area contributed by atoms with Gasteiger partial charge in [0.2, 0.25) is 0 Å². The van der Waals surface area contributed by atoms with Crippen molar-refractivity contribution in [3.63, 3.8) is 0 Å². The first-order chi connectivity index (χ1) is 11.8. The molecule has 4 rings (SSSR count). The smallest absolute Gasteiger partial charge is 0.120 e. The third-order valence-corrected chi connectivity index (χ3v) is 4.53. The number of fused-ring (bicyclic) bond motifs is 2. The van der Waals surface area contributed by atoms with Crippen LogP contribution in [-0.4, -0.2) is 16.7 Å². The third-order valence-electron chi connectivity index (χ3n) is 4.53. The lowest BCUT2D eigenvalue weighted by molar-refractivity contribution is 0.415. The number of aromatic nitrogens is 2. The number of H-pyrrole nitrogens is 1. The molecule has 0 aliphatic carbocycles. The summed E-state index contributed by atoms with van der Waals surface area (Å²) < 4.78 is 7.54. The van der Waals surface area contributed by atoms with Crippen LogP contribution in [0.5, 0.6) is 5.75 Å². The van der Waals surface area contributed by atoms with E-state index in [-0.39, 0.29) is 0 Å². The molecule has 0 unspecified atom stereocenters. The average molecular weight is 315 g/mol. The molecule has 0 radical (unpaired) electrons. The van der Waals surface area contributed by atoms with Crippen LogP contribution >= 0.6 is 0 Å². The molecule has 0 spiro atoms. The number of hydrogen-bond acceptors (Lipinski definition) is 2. The molecule has 2 aromatic heterocycles. The van der Waals surface area contributed by atoms with Gasteiger partial charge >= 0.3 is 0 Å². The standard InChI is InChI=1S/C20H17N3O/c1-3-23-19-11-15(24-2)6-7-16(19)17(12-21)20(23)14-5-4-13-8-9-22-18(13)10-14/h4-11,22H,3H2,1-2H3. The Labute approximate surface area is 139 Å². The van der Waals surface area contributed by atoms with Crippen LogP contribution in [0.4, 0.5) is 0 Å². The van der Waals surface area contributed by atoms with Gasteiger partial charge in [0.15, 0.2) is 0 Å². The maximum Gasteiger partial charge on any atom is 0.120 e. The summed E-state index contributed by atoms with van der Waals surface area (Å²) in [4.78, 5) is 3.24. The molecule has 0 bridgehead atoms. The Balaban J connectivity index is 2.07. The molecule has 0 amide bonds. The van der Waals surface area contributed by atoms with Crippen molar-refractivity contribution in [2.75, 3.05) is 7.11 Å². The quantitative estimate of drug-likeness (QED) is 0.596. The Hall–Kier alpha value is -3.19. The second kappa shape index (κ2) is 5.47. The average Bonchev–Trinajstić information content (AvgIpc) is 3.21. The Morgan fingerprint density at radius 3 is 2.79 bits per heavy atom. The molecule has 0 aliphatic rings. The van der Waals surface area contributed by atoms with Gasteiger partial charge in [0.1, 0.15) is 11.8 Å². The summed E-state index contributed by atoms with van der Waals surface area (Å²) in [5, 5.41) is 11.9. The van der Waals surface area contributed by atoms with E-state index in [0.717, 1.165) is 45.4 Å². The fourth-order valence-corrected chi connectivity index (χ4v) is 3.39. The molecular weight excluding hydrogens is 298 g/mol. The number of hydrogen-bond donors (Lipinski definition) is 1. The van der Waals surface area contributed by atoms with Gasteiger partial charge in [-0.05, 0) is 36.6 Å². The molecule has 1 N–H and O–H groups in total. The summed E-state index contributed by atoms with van der Waals surface area (Å²) >= 11 is 0. The lowest BCUT2D eigenvalue weighted by Gasteiger charge is -2.09. The van der Waals surface area contributed by atoms with Crippen LogP contribution in [-0.2, 0) is 6.54 Å².